The Hall–Kier alpha value is 0.663. The van der Waals surface area contributed by atoms with Crippen LogP contribution in [0.1, 0.15) is 12.8 Å². The number of rotatable bonds is 1. The van der Waals surface area contributed by atoms with Crippen LogP contribution in [0.2, 0.25) is 0 Å². The van der Waals surface area contributed by atoms with E-state index < -0.39 is 0 Å². The van der Waals surface area contributed by atoms with Crippen LogP contribution in [0.4, 0.5) is 0 Å². The average molecular weight is 145 g/mol. The van der Waals surface area contributed by atoms with E-state index in [0.717, 1.165) is 12.8 Å². The van der Waals surface area contributed by atoms with E-state index in [1.54, 1.807) is 0 Å². The second kappa shape index (κ2) is 4.66. The van der Waals surface area contributed by atoms with Crippen LogP contribution in [-0.2, 0) is 24.0 Å². The third-order valence-electron chi connectivity index (χ3n) is 0.302. The molecule has 0 aromatic rings. The normalized spacial score (nSPS) is 7.00. The molecule has 0 radical (unpaired) electrons. The standard InChI is InChI=1S/C4H6.Zr/c1-3-4-2;/h1,3-4H2;/q-1;+1. The fourth-order valence-electron chi connectivity index (χ4n) is 0.0884. The average Bonchev–Trinajstić information content (AvgIpc) is 1.41. The van der Waals surface area contributed by atoms with E-state index in [9.17, 15) is 0 Å². The van der Waals surface area contributed by atoms with Crippen LogP contribution in [0.25, 0.3) is 0 Å². The van der Waals surface area contributed by atoms with E-state index in [1.807, 2.05) is 0 Å². The summed E-state index contributed by atoms with van der Waals surface area (Å²) in [5.74, 6) is 0. The topological polar surface area (TPSA) is 0 Å². The second-order valence-corrected chi connectivity index (χ2v) is 1.65. The van der Waals surface area contributed by atoms with Crippen molar-refractivity contribution in [2.24, 2.45) is 0 Å². The molecule has 0 amide bonds. The summed E-state index contributed by atoms with van der Waals surface area (Å²) in [5.41, 5.74) is 0. The SMILES string of the molecule is [CH2-]CC[C]#[Zr+]. The third kappa shape index (κ3) is 4.66. The summed E-state index contributed by atoms with van der Waals surface area (Å²) >= 11 is 1.39. The van der Waals surface area contributed by atoms with E-state index in [0.29, 0.717) is 0 Å². The van der Waals surface area contributed by atoms with Crippen LogP contribution in [0.3, 0.4) is 0 Å². The van der Waals surface area contributed by atoms with Crippen molar-refractivity contribution in [1.29, 1.82) is 0 Å². The Balaban J connectivity index is 2.48. The molecular weight excluding hydrogens is 139 g/mol. The van der Waals surface area contributed by atoms with Crippen molar-refractivity contribution in [2.45, 2.75) is 12.8 Å². The van der Waals surface area contributed by atoms with Crippen molar-refractivity contribution >= 4 is 0 Å². The van der Waals surface area contributed by atoms with E-state index in [4.69, 9.17) is 0 Å². The molecule has 0 nitrogen and oxygen atoms in total. The Morgan fingerprint density at radius 3 is 2.40 bits per heavy atom. The number of hydrogen-bond donors (Lipinski definition) is 0. The molecule has 0 aliphatic carbocycles. The first-order chi connectivity index (χ1) is 2.41. The minimum atomic E-state index is 1.01. The molecule has 0 atom stereocenters. The van der Waals surface area contributed by atoms with Crippen molar-refractivity contribution in [1.82, 2.24) is 0 Å². The molecule has 0 spiro atoms. The van der Waals surface area contributed by atoms with Gasteiger partial charge in [0, 0.05) is 0 Å². The van der Waals surface area contributed by atoms with Gasteiger partial charge in [-0.15, -0.1) is 0 Å². The van der Waals surface area contributed by atoms with E-state index in [1.165, 1.54) is 24.0 Å². The van der Waals surface area contributed by atoms with Crippen molar-refractivity contribution in [2.75, 3.05) is 0 Å². The summed E-state index contributed by atoms with van der Waals surface area (Å²) in [5, 5.41) is 0. The summed E-state index contributed by atoms with van der Waals surface area (Å²) in [6.45, 7) is 3.63. The van der Waals surface area contributed by atoms with Gasteiger partial charge in [0.2, 0.25) is 0 Å². The summed E-state index contributed by atoms with van der Waals surface area (Å²) < 4.78 is 3.04. The van der Waals surface area contributed by atoms with Crippen molar-refractivity contribution in [3.8, 4) is 3.50 Å². The fraction of sp³-hybridized carbons (Fsp3) is 0.500. The molecule has 1 heteroatoms. The van der Waals surface area contributed by atoms with Crippen LogP contribution in [0, 0.1) is 10.4 Å². The zero-order valence-corrected chi connectivity index (χ0v) is 5.58. The maximum atomic E-state index is 3.63. The van der Waals surface area contributed by atoms with Crippen molar-refractivity contribution < 1.29 is 24.0 Å². The number of hydrogen-bond acceptors (Lipinski definition) is 0. The van der Waals surface area contributed by atoms with E-state index in [2.05, 4.69) is 10.4 Å². The fourth-order valence-corrected chi connectivity index (χ4v) is 0.523. The molecule has 0 rings (SSSR count). The Bertz CT molecular complexity index is 42.1. The van der Waals surface area contributed by atoms with Crippen LogP contribution in [0.5, 0.6) is 0 Å². The molecule has 0 N–H and O–H groups in total. The Morgan fingerprint density at radius 1 is 1.80 bits per heavy atom. The molecule has 0 unspecified atom stereocenters. The summed E-state index contributed by atoms with van der Waals surface area (Å²) in [6.07, 6.45) is 2.07. The van der Waals surface area contributed by atoms with E-state index in [-0.39, 0.29) is 0 Å². The van der Waals surface area contributed by atoms with Gasteiger partial charge in [-0.05, 0) is 0 Å². The maximum absolute atomic E-state index is 3.63. The van der Waals surface area contributed by atoms with Crippen LogP contribution < -0.4 is 0 Å². The monoisotopic (exact) mass is 144 g/mol. The molecule has 0 aliphatic heterocycles. The van der Waals surface area contributed by atoms with Gasteiger partial charge in [-0.3, -0.25) is 0 Å². The quantitative estimate of drug-likeness (QED) is 0.485. The van der Waals surface area contributed by atoms with Crippen LogP contribution in [0.15, 0.2) is 0 Å². The molecule has 5 heavy (non-hydrogen) atoms. The van der Waals surface area contributed by atoms with Gasteiger partial charge in [-0.1, -0.05) is 0 Å². The van der Waals surface area contributed by atoms with Crippen LogP contribution in [-0.4, -0.2) is 0 Å². The minimum absolute atomic E-state index is 1.01. The summed E-state index contributed by atoms with van der Waals surface area (Å²) in [6, 6.07) is 0. The van der Waals surface area contributed by atoms with Gasteiger partial charge in [-0.2, -0.15) is 0 Å². The molecule has 0 aromatic heterocycles. The zero-order valence-electron chi connectivity index (χ0n) is 3.12. The van der Waals surface area contributed by atoms with Gasteiger partial charge in [0.25, 0.3) is 0 Å². The van der Waals surface area contributed by atoms with Crippen molar-refractivity contribution in [3.63, 3.8) is 0 Å². The van der Waals surface area contributed by atoms with Gasteiger partial charge in [0.05, 0.1) is 0 Å². The second-order valence-electron chi connectivity index (χ2n) is 0.780. The summed E-state index contributed by atoms with van der Waals surface area (Å²) in [4.78, 5) is 0. The Labute approximate surface area is 47.5 Å². The molecular formula is C4H6Zr. The molecule has 0 saturated heterocycles. The first-order valence-electron chi connectivity index (χ1n) is 1.60. The molecule has 0 saturated carbocycles. The predicted octanol–water partition coefficient (Wildman–Crippen LogP) is 1.11. The van der Waals surface area contributed by atoms with Crippen LogP contribution >= 0.6 is 0 Å². The van der Waals surface area contributed by atoms with Gasteiger partial charge in [0.1, 0.15) is 0 Å². The number of unbranched alkanes of at least 4 members (excludes halogenated alkanes) is 1. The summed E-state index contributed by atoms with van der Waals surface area (Å²) in [7, 11) is 0. The molecule has 0 fully saturated rings. The van der Waals surface area contributed by atoms with Gasteiger partial charge in [0.15, 0.2) is 0 Å². The van der Waals surface area contributed by atoms with Gasteiger partial charge in [-0.25, -0.2) is 0 Å². The molecule has 26 valence electrons. The van der Waals surface area contributed by atoms with Crippen molar-refractivity contribution in [3.05, 3.63) is 6.92 Å². The van der Waals surface area contributed by atoms with E-state index >= 15 is 0 Å². The van der Waals surface area contributed by atoms with Gasteiger partial charge >= 0.3 is 47.3 Å². The molecule has 0 bridgehead atoms. The predicted molar refractivity (Wildman–Crippen MR) is 18.5 cm³/mol. The Morgan fingerprint density at radius 2 is 2.40 bits per heavy atom. The molecule has 0 aromatic carbocycles. The molecule has 0 aliphatic rings. The first-order valence-corrected chi connectivity index (χ1v) is 2.83. The van der Waals surface area contributed by atoms with Gasteiger partial charge < -0.3 is 0 Å². The molecule has 0 heterocycles. The zero-order chi connectivity index (χ0) is 4.12. The Kier molecular flexibility index (Phi) is 5.28. The third-order valence-corrected chi connectivity index (χ3v) is 0.916. The first kappa shape index (κ1) is 5.66.